The number of rotatable bonds is 4. The summed E-state index contributed by atoms with van der Waals surface area (Å²) < 4.78 is 0. The number of thioether (sulfide) groups is 1. The van der Waals surface area contributed by atoms with Gasteiger partial charge in [-0.15, -0.1) is 11.8 Å². The van der Waals surface area contributed by atoms with Gasteiger partial charge in [-0.3, -0.25) is 15.2 Å². The van der Waals surface area contributed by atoms with E-state index in [1.165, 1.54) is 0 Å². The van der Waals surface area contributed by atoms with E-state index in [9.17, 15) is 4.79 Å². The van der Waals surface area contributed by atoms with Gasteiger partial charge in [0.2, 0.25) is 0 Å². The van der Waals surface area contributed by atoms with Crippen molar-refractivity contribution < 1.29 is 4.79 Å². The minimum Gasteiger partial charge on any atom is -0.346 e. The molecule has 22 heavy (non-hydrogen) atoms. The number of carbonyl (C=O) groups excluding carboxylic acids is 1. The Hall–Kier alpha value is -1.89. The molecule has 1 aliphatic rings. The molecular weight excluding hydrogens is 296 g/mol. The maximum absolute atomic E-state index is 12.6. The highest BCUT2D eigenvalue weighted by Gasteiger charge is 2.30. The van der Waals surface area contributed by atoms with Crippen molar-refractivity contribution in [3.63, 3.8) is 0 Å². The molecule has 2 aromatic rings. The maximum Gasteiger partial charge on any atom is 0.252 e. The van der Waals surface area contributed by atoms with Crippen LogP contribution in [0.5, 0.6) is 0 Å². The molecule has 1 aromatic carbocycles. The molecule has 2 atom stereocenters. The van der Waals surface area contributed by atoms with Crippen LogP contribution in [0.4, 0.5) is 0 Å². The molecule has 1 fully saturated rings. The summed E-state index contributed by atoms with van der Waals surface area (Å²) in [5.41, 5.74) is 7.90. The Balaban J connectivity index is 1.76. The van der Waals surface area contributed by atoms with Crippen molar-refractivity contribution in [2.75, 3.05) is 12.8 Å². The van der Waals surface area contributed by atoms with Gasteiger partial charge < -0.3 is 5.32 Å². The smallest absolute Gasteiger partial charge is 0.252 e. The third-order valence-electron chi connectivity index (χ3n) is 3.66. The lowest BCUT2D eigenvalue weighted by Gasteiger charge is -2.19. The molecular formula is C16H18N4OS. The largest absolute Gasteiger partial charge is 0.346 e. The fourth-order valence-electron chi connectivity index (χ4n) is 2.55. The minimum atomic E-state index is -0.0543. The van der Waals surface area contributed by atoms with Gasteiger partial charge in [0.25, 0.3) is 5.91 Å². The van der Waals surface area contributed by atoms with Crippen molar-refractivity contribution in [3.05, 3.63) is 59.9 Å². The summed E-state index contributed by atoms with van der Waals surface area (Å²) in [6.07, 6.45) is 3.73. The fourth-order valence-corrected chi connectivity index (χ4v) is 3.15. The zero-order valence-electron chi connectivity index (χ0n) is 12.2. The number of hydrogen-bond donors (Lipinski definition) is 3. The van der Waals surface area contributed by atoms with Crippen molar-refractivity contribution in [1.29, 1.82) is 0 Å². The Labute approximate surface area is 133 Å². The van der Waals surface area contributed by atoms with E-state index < -0.39 is 0 Å². The van der Waals surface area contributed by atoms with Gasteiger partial charge in [0, 0.05) is 17.6 Å². The number of carbonyl (C=O) groups is 1. The average Bonchev–Trinajstić information content (AvgIpc) is 3.03. The van der Waals surface area contributed by atoms with Crippen molar-refractivity contribution in [2.24, 2.45) is 0 Å². The Bertz CT molecular complexity index is 650. The molecule has 3 rings (SSSR count). The van der Waals surface area contributed by atoms with Crippen LogP contribution in [0.15, 0.2) is 53.6 Å². The van der Waals surface area contributed by atoms with Crippen molar-refractivity contribution in [1.82, 2.24) is 21.2 Å². The molecule has 6 heteroatoms. The molecule has 1 saturated heterocycles. The Morgan fingerprint density at radius 1 is 1.27 bits per heavy atom. The molecule has 0 aliphatic carbocycles. The van der Waals surface area contributed by atoms with Crippen molar-refractivity contribution >= 4 is 17.7 Å². The summed E-state index contributed by atoms with van der Waals surface area (Å²) in [5, 5.41) is 3.10. The van der Waals surface area contributed by atoms with Crippen molar-refractivity contribution in [2.45, 2.75) is 17.0 Å². The molecule has 3 N–H and O–H groups in total. The number of aromatic nitrogens is 1. The summed E-state index contributed by atoms with van der Waals surface area (Å²) in [4.78, 5) is 17.9. The van der Waals surface area contributed by atoms with E-state index >= 15 is 0 Å². The van der Waals surface area contributed by atoms with E-state index in [1.807, 2.05) is 48.7 Å². The Morgan fingerprint density at radius 2 is 2.09 bits per heavy atom. The zero-order valence-corrected chi connectivity index (χ0v) is 13.1. The standard InChI is InChI=1S/C16H18N4OS/c1-22-14-8-3-2-6-11(14)16(21)19-13-10-18-20-15(13)12-7-4-5-9-17-12/h2-9,13,15,18,20H,10H2,1H3,(H,19,21). The van der Waals surface area contributed by atoms with Crippen molar-refractivity contribution in [3.8, 4) is 0 Å². The topological polar surface area (TPSA) is 66.1 Å². The molecule has 0 saturated carbocycles. The number of pyridine rings is 1. The average molecular weight is 314 g/mol. The predicted octanol–water partition coefficient (Wildman–Crippen LogP) is 1.75. The van der Waals surface area contributed by atoms with Gasteiger partial charge in [0.05, 0.1) is 23.3 Å². The van der Waals surface area contributed by atoms with E-state index in [1.54, 1.807) is 18.0 Å². The first-order valence-corrected chi connectivity index (χ1v) is 8.35. The van der Waals surface area contributed by atoms with Gasteiger partial charge in [-0.2, -0.15) is 0 Å². The number of hydrogen-bond acceptors (Lipinski definition) is 5. The molecule has 0 spiro atoms. The second-order valence-corrected chi connectivity index (χ2v) is 5.89. The van der Waals surface area contributed by atoms with E-state index in [0.717, 1.165) is 10.6 Å². The summed E-state index contributed by atoms with van der Waals surface area (Å²) in [7, 11) is 0. The van der Waals surface area contributed by atoms with Crippen LogP contribution in [-0.4, -0.2) is 29.7 Å². The maximum atomic E-state index is 12.6. The van der Waals surface area contributed by atoms with Crippen LogP contribution in [0.2, 0.25) is 0 Å². The van der Waals surface area contributed by atoms with E-state index in [0.29, 0.717) is 12.1 Å². The van der Waals surface area contributed by atoms with Gasteiger partial charge in [-0.05, 0) is 30.5 Å². The number of nitrogens with one attached hydrogen (secondary N) is 3. The van der Waals surface area contributed by atoms with Gasteiger partial charge in [0.1, 0.15) is 0 Å². The Kier molecular flexibility index (Phi) is 4.72. The Morgan fingerprint density at radius 3 is 2.86 bits per heavy atom. The van der Waals surface area contributed by atoms with Gasteiger partial charge in [0.15, 0.2) is 0 Å². The van der Waals surface area contributed by atoms with Gasteiger partial charge in [-0.25, -0.2) is 5.43 Å². The van der Waals surface area contributed by atoms with E-state index in [4.69, 9.17) is 0 Å². The minimum absolute atomic E-state index is 0.0356. The van der Waals surface area contributed by atoms with Gasteiger partial charge in [-0.1, -0.05) is 18.2 Å². The molecule has 5 nitrogen and oxygen atoms in total. The van der Waals surface area contributed by atoms with Crippen LogP contribution in [0, 0.1) is 0 Å². The lowest BCUT2D eigenvalue weighted by Crippen LogP contribution is -2.40. The quantitative estimate of drug-likeness (QED) is 0.750. The monoisotopic (exact) mass is 314 g/mol. The highest BCUT2D eigenvalue weighted by Crippen LogP contribution is 2.21. The van der Waals surface area contributed by atoms with Gasteiger partial charge >= 0.3 is 0 Å². The molecule has 0 radical (unpaired) electrons. The summed E-state index contributed by atoms with van der Waals surface area (Å²) >= 11 is 1.57. The number of amides is 1. The van der Waals surface area contributed by atoms with E-state index in [2.05, 4.69) is 21.2 Å². The zero-order chi connectivity index (χ0) is 15.4. The second kappa shape index (κ2) is 6.91. The lowest BCUT2D eigenvalue weighted by molar-refractivity contribution is 0.0932. The summed E-state index contributed by atoms with van der Waals surface area (Å²) in [5.74, 6) is -0.0543. The third kappa shape index (κ3) is 3.14. The molecule has 1 aromatic heterocycles. The van der Waals surface area contributed by atoms with Crippen LogP contribution in [-0.2, 0) is 0 Å². The lowest BCUT2D eigenvalue weighted by atomic mass is 10.1. The first-order chi connectivity index (χ1) is 10.8. The summed E-state index contributed by atoms with van der Waals surface area (Å²) in [6.45, 7) is 0.661. The first kappa shape index (κ1) is 15.0. The number of nitrogens with zero attached hydrogens (tertiary/aromatic N) is 1. The van der Waals surface area contributed by atoms with Crippen LogP contribution in [0.1, 0.15) is 22.1 Å². The molecule has 2 heterocycles. The fraction of sp³-hybridized carbons (Fsp3) is 0.250. The molecule has 1 amide bonds. The number of hydrazine groups is 1. The van der Waals surface area contributed by atoms with Crippen LogP contribution < -0.4 is 16.2 Å². The number of benzene rings is 1. The highest BCUT2D eigenvalue weighted by molar-refractivity contribution is 7.98. The van der Waals surface area contributed by atoms with Crippen LogP contribution in [0.25, 0.3) is 0 Å². The predicted molar refractivity (Wildman–Crippen MR) is 87.6 cm³/mol. The molecule has 2 unspecified atom stereocenters. The molecule has 114 valence electrons. The van der Waals surface area contributed by atoms with Crippen LogP contribution in [0.3, 0.4) is 0 Å². The normalized spacial score (nSPS) is 20.8. The third-order valence-corrected chi connectivity index (χ3v) is 4.45. The van der Waals surface area contributed by atoms with Crippen LogP contribution >= 0.6 is 11.8 Å². The molecule has 0 bridgehead atoms. The molecule has 1 aliphatic heterocycles. The second-order valence-electron chi connectivity index (χ2n) is 5.04. The SMILES string of the molecule is CSc1ccccc1C(=O)NC1CNNC1c1ccccn1. The summed E-state index contributed by atoms with van der Waals surface area (Å²) in [6, 6.07) is 13.4. The first-order valence-electron chi connectivity index (χ1n) is 7.13. The van der Waals surface area contributed by atoms with E-state index in [-0.39, 0.29) is 18.0 Å². The highest BCUT2D eigenvalue weighted by atomic mass is 32.2.